The van der Waals surface area contributed by atoms with Gasteiger partial charge in [-0.05, 0) is 80.1 Å². The van der Waals surface area contributed by atoms with E-state index < -0.39 is 41.3 Å². The minimum absolute atomic E-state index is 0.0267. The maximum Gasteiger partial charge on any atom is 0.424 e. The molecule has 2 aromatic carbocycles. The van der Waals surface area contributed by atoms with Crippen molar-refractivity contribution in [2.24, 2.45) is 0 Å². The molecule has 4 N–H and O–H groups in total. The fourth-order valence-electron chi connectivity index (χ4n) is 4.31. The van der Waals surface area contributed by atoms with Gasteiger partial charge < -0.3 is 30.3 Å². The van der Waals surface area contributed by atoms with Crippen molar-refractivity contribution in [1.82, 2.24) is 15.6 Å². The highest BCUT2D eigenvalue weighted by atomic mass is 19.4. The molecule has 0 radical (unpaired) electrons. The third-order valence-electron chi connectivity index (χ3n) is 6.91. The van der Waals surface area contributed by atoms with Crippen LogP contribution in [0, 0.1) is 5.82 Å². The van der Waals surface area contributed by atoms with Crippen molar-refractivity contribution < 1.29 is 42.0 Å². The fraction of sp³-hybridized carbons (Fsp3) is 0.357. The molecule has 1 saturated heterocycles. The number of pyridine rings is 1. The summed E-state index contributed by atoms with van der Waals surface area (Å²) in [6, 6.07) is 11.8. The second-order valence-electron chi connectivity index (χ2n) is 9.62. The first kappa shape index (κ1) is 29.2. The first-order valence-corrected chi connectivity index (χ1v) is 12.4. The van der Waals surface area contributed by atoms with E-state index in [1.165, 1.54) is 43.5 Å². The molecule has 0 aliphatic carbocycles. The summed E-state index contributed by atoms with van der Waals surface area (Å²) in [6.45, 7) is 0.965. The quantitative estimate of drug-likeness (QED) is 0.279. The highest BCUT2D eigenvalue weighted by Crippen LogP contribution is 2.41. The molecular weight excluding hydrogens is 534 g/mol. The van der Waals surface area contributed by atoms with Crippen LogP contribution in [-0.2, 0) is 11.1 Å². The molecule has 12 heteroatoms. The summed E-state index contributed by atoms with van der Waals surface area (Å²) in [4.78, 5) is 17.0. The number of aromatic nitrogens is 1. The summed E-state index contributed by atoms with van der Waals surface area (Å²) >= 11 is 0. The Morgan fingerprint density at radius 1 is 1.12 bits per heavy atom. The summed E-state index contributed by atoms with van der Waals surface area (Å²) in [5, 5.41) is 25.4. The Morgan fingerprint density at radius 2 is 1.82 bits per heavy atom. The molecule has 0 spiro atoms. The van der Waals surface area contributed by atoms with E-state index in [2.05, 4.69) is 15.6 Å². The first-order valence-electron chi connectivity index (χ1n) is 12.4. The summed E-state index contributed by atoms with van der Waals surface area (Å²) in [6.07, 6.45) is -4.58. The smallest absolute Gasteiger partial charge is 0.424 e. The number of carbonyl (C=O) groups is 1. The van der Waals surface area contributed by atoms with Gasteiger partial charge in [0, 0.05) is 16.7 Å². The van der Waals surface area contributed by atoms with E-state index in [1.54, 1.807) is 6.07 Å². The van der Waals surface area contributed by atoms with Crippen LogP contribution in [0.5, 0.6) is 11.5 Å². The number of alkyl halides is 3. The van der Waals surface area contributed by atoms with Crippen molar-refractivity contribution in [2.75, 3.05) is 33.4 Å². The van der Waals surface area contributed by atoms with Crippen LogP contribution in [0.15, 0.2) is 54.6 Å². The first-order chi connectivity index (χ1) is 18.9. The van der Waals surface area contributed by atoms with Gasteiger partial charge in [0.1, 0.15) is 12.4 Å². The number of nitrogens with zero attached hydrogens (tertiary/aromatic N) is 1. The molecule has 2 atom stereocenters. The Kier molecular flexibility index (Phi) is 8.33. The van der Waals surface area contributed by atoms with Gasteiger partial charge in [0.15, 0.2) is 11.5 Å². The zero-order valence-corrected chi connectivity index (χ0v) is 21.8. The molecular formula is C28H29F4N3O5. The van der Waals surface area contributed by atoms with Gasteiger partial charge >= 0.3 is 6.18 Å². The molecule has 8 nitrogen and oxygen atoms in total. The Labute approximate surface area is 228 Å². The minimum Gasteiger partial charge on any atom is -0.493 e. The van der Waals surface area contributed by atoms with E-state index in [0.717, 1.165) is 12.1 Å². The van der Waals surface area contributed by atoms with Crippen molar-refractivity contribution >= 4 is 5.91 Å². The number of nitrogens with one attached hydrogen (secondary N) is 2. The van der Waals surface area contributed by atoms with E-state index in [-0.39, 0.29) is 36.0 Å². The molecule has 4 rings (SSSR count). The Balaban J connectivity index is 1.69. The van der Waals surface area contributed by atoms with Crippen LogP contribution in [0.1, 0.15) is 35.0 Å². The zero-order chi connectivity index (χ0) is 29.1. The fourth-order valence-corrected chi connectivity index (χ4v) is 4.31. The highest BCUT2D eigenvalue weighted by molar-refractivity contribution is 5.95. The molecule has 1 aromatic heterocycles. The molecule has 0 saturated carbocycles. The third-order valence-corrected chi connectivity index (χ3v) is 6.91. The van der Waals surface area contributed by atoms with Crippen LogP contribution in [0.3, 0.4) is 0 Å². The van der Waals surface area contributed by atoms with Crippen molar-refractivity contribution in [2.45, 2.75) is 30.7 Å². The number of methoxy groups -OCH3 is 1. The lowest BCUT2D eigenvalue weighted by molar-refractivity contribution is -0.265. The maximum atomic E-state index is 14.5. The number of hydrogen-bond acceptors (Lipinski definition) is 7. The average Bonchev–Trinajstić information content (AvgIpc) is 2.92. The van der Waals surface area contributed by atoms with E-state index >= 15 is 0 Å². The second kappa shape index (κ2) is 11.4. The Bertz CT molecular complexity index is 1360. The topological polar surface area (TPSA) is 113 Å². The number of carbonyl (C=O) groups excluding carboxylic acids is 1. The average molecular weight is 564 g/mol. The van der Waals surface area contributed by atoms with Crippen LogP contribution in [0.4, 0.5) is 17.6 Å². The summed E-state index contributed by atoms with van der Waals surface area (Å²) in [5.41, 5.74) is -4.04. The molecule has 0 bridgehead atoms. The number of halogens is 4. The minimum atomic E-state index is -5.22. The molecule has 3 aromatic rings. The van der Waals surface area contributed by atoms with Gasteiger partial charge in [-0.1, -0.05) is 0 Å². The largest absolute Gasteiger partial charge is 0.493 e. The van der Waals surface area contributed by atoms with Crippen molar-refractivity contribution in [3.8, 4) is 22.8 Å². The molecule has 1 aliphatic heterocycles. The number of aliphatic hydroxyl groups is 2. The van der Waals surface area contributed by atoms with Gasteiger partial charge in [0.25, 0.3) is 5.91 Å². The van der Waals surface area contributed by atoms with Gasteiger partial charge in [0.05, 0.1) is 31.6 Å². The van der Waals surface area contributed by atoms with Crippen LogP contribution in [-0.4, -0.2) is 60.7 Å². The number of amides is 1. The summed E-state index contributed by atoms with van der Waals surface area (Å²) < 4.78 is 67.4. The lowest BCUT2D eigenvalue weighted by atomic mass is 9.81. The standard InChI is InChI=1S/C28H29F4N3O5/c1-26(9-10-34-26)19-14-21(17-3-6-20(29)7-4-17)35-24(15-19)27(38,28(30,31)32)16-33-25(37)18-5-8-22(40-12-11-36)23(13-18)39-2/h3-8,13-15,34,36,38H,9-12,16H2,1-2H3,(H,33,37). The van der Waals surface area contributed by atoms with E-state index in [1.807, 2.05) is 6.92 Å². The number of ether oxygens (including phenoxy) is 2. The van der Waals surface area contributed by atoms with Gasteiger partial charge in [-0.2, -0.15) is 13.2 Å². The van der Waals surface area contributed by atoms with Gasteiger partial charge in [-0.15, -0.1) is 0 Å². The highest BCUT2D eigenvalue weighted by Gasteiger charge is 2.57. The molecule has 2 heterocycles. The van der Waals surface area contributed by atoms with Gasteiger partial charge in [-0.3, -0.25) is 4.79 Å². The Hall–Kier alpha value is -3.74. The molecule has 40 heavy (non-hydrogen) atoms. The predicted molar refractivity (Wildman–Crippen MR) is 137 cm³/mol. The Morgan fingerprint density at radius 3 is 2.40 bits per heavy atom. The molecule has 1 aliphatic rings. The number of rotatable bonds is 10. The predicted octanol–water partition coefficient (Wildman–Crippen LogP) is 3.66. The van der Waals surface area contributed by atoms with Crippen LogP contribution < -0.4 is 20.1 Å². The van der Waals surface area contributed by atoms with Crippen LogP contribution in [0.25, 0.3) is 11.3 Å². The van der Waals surface area contributed by atoms with E-state index in [4.69, 9.17) is 14.6 Å². The van der Waals surface area contributed by atoms with Gasteiger partial charge in [-0.25, -0.2) is 9.37 Å². The second-order valence-corrected chi connectivity index (χ2v) is 9.62. The van der Waals surface area contributed by atoms with E-state index in [0.29, 0.717) is 24.1 Å². The van der Waals surface area contributed by atoms with Crippen molar-refractivity contribution in [3.05, 3.63) is 77.2 Å². The monoisotopic (exact) mass is 563 g/mol. The molecule has 2 unspecified atom stereocenters. The lowest BCUT2D eigenvalue weighted by Crippen LogP contribution is -2.53. The number of aliphatic hydroxyl groups excluding tert-OH is 1. The van der Waals surface area contributed by atoms with Crippen LogP contribution >= 0.6 is 0 Å². The van der Waals surface area contributed by atoms with Crippen molar-refractivity contribution in [3.63, 3.8) is 0 Å². The number of benzene rings is 2. The molecule has 1 fully saturated rings. The third kappa shape index (κ3) is 5.88. The maximum absolute atomic E-state index is 14.5. The lowest BCUT2D eigenvalue weighted by Gasteiger charge is -2.41. The van der Waals surface area contributed by atoms with E-state index in [9.17, 15) is 27.5 Å². The van der Waals surface area contributed by atoms with Crippen molar-refractivity contribution in [1.29, 1.82) is 0 Å². The SMILES string of the molecule is COc1cc(C(=O)NCC(O)(c2cc(C3(C)CCN3)cc(-c3ccc(F)cc3)n2)C(F)(F)F)ccc1OCCO. The van der Waals surface area contributed by atoms with Crippen LogP contribution in [0.2, 0.25) is 0 Å². The summed E-state index contributed by atoms with van der Waals surface area (Å²) in [5.74, 6) is -1.07. The molecule has 214 valence electrons. The summed E-state index contributed by atoms with van der Waals surface area (Å²) in [7, 11) is 1.32. The van der Waals surface area contributed by atoms with Gasteiger partial charge in [0.2, 0.25) is 5.60 Å². The zero-order valence-electron chi connectivity index (χ0n) is 21.8. The molecule has 1 amide bonds. The number of hydrogen-bond donors (Lipinski definition) is 4. The normalized spacial score (nSPS) is 18.4.